The predicted octanol–water partition coefficient (Wildman–Crippen LogP) is 3.60. The fraction of sp³-hybridized carbons (Fsp3) is 1.00. The lowest BCUT2D eigenvalue weighted by Crippen LogP contribution is -2.33. The van der Waals surface area contributed by atoms with Crippen molar-refractivity contribution < 1.29 is 4.74 Å². The number of ether oxygens (including phenoxy) is 1. The van der Waals surface area contributed by atoms with Gasteiger partial charge in [-0.2, -0.15) is 0 Å². The molecule has 0 N–H and O–H groups in total. The van der Waals surface area contributed by atoms with E-state index in [9.17, 15) is 0 Å². The molecule has 0 radical (unpaired) electrons. The van der Waals surface area contributed by atoms with E-state index in [2.05, 4.69) is 6.92 Å². The van der Waals surface area contributed by atoms with Crippen molar-refractivity contribution in [3.05, 3.63) is 0 Å². The molecule has 0 aromatic rings. The van der Waals surface area contributed by atoms with Crippen molar-refractivity contribution in [1.82, 2.24) is 0 Å². The van der Waals surface area contributed by atoms with E-state index < -0.39 is 0 Å². The summed E-state index contributed by atoms with van der Waals surface area (Å²) in [6.07, 6.45) is 8.20. The average Bonchev–Trinajstić information content (AvgIpc) is 2.11. The van der Waals surface area contributed by atoms with Crippen molar-refractivity contribution in [2.24, 2.45) is 11.8 Å². The van der Waals surface area contributed by atoms with Crippen molar-refractivity contribution in [3.63, 3.8) is 0 Å². The topological polar surface area (TPSA) is 9.23 Å². The standard InChI is InChI=1S/C12H21ClO/c1-9-3-2-4-10(5-9)8-14-12-6-11(13)7-12/h9-12H,2-8H2,1H3. The summed E-state index contributed by atoms with van der Waals surface area (Å²) in [6.45, 7) is 3.35. The lowest BCUT2D eigenvalue weighted by atomic mass is 9.83. The molecule has 0 bridgehead atoms. The SMILES string of the molecule is CC1CCCC(COC2CC(Cl)C2)C1. The van der Waals surface area contributed by atoms with Crippen molar-refractivity contribution >= 4 is 11.6 Å². The lowest BCUT2D eigenvalue weighted by molar-refractivity contribution is -0.0222. The van der Waals surface area contributed by atoms with Crippen molar-refractivity contribution in [1.29, 1.82) is 0 Å². The number of hydrogen-bond acceptors (Lipinski definition) is 1. The highest BCUT2D eigenvalue weighted by atomic mass is 35.5. The molecule has 0 amide bonds. The molecule has 1 nitrogen and oxygen atoms in total. The molecule has 2 atom stereocenters. The first kappa shape index (κ1) is 10.8. The largest absolute Gasteiger partial charge is 0.378 e. The molecule has 0 spiro atoms. The van der Waals surface area contributed by atoms with Crippen molar-refractivity contribution in [2.45, 2.75) is 56.9 Å². The summed E-state index contributed by atoms with van der Waals surface area (Å²) >= 11 is 5.91. The van der Waals surface area contributed by atoms with Crippen LogP contribution in [0.2, 0.25) is 0 Å². The molecule has 82 valence electrons. The third kappa shape index (κ3) is 2.87. The summed E-state index contributed by atoms with van der Waals surface area (Å²) in [5, 5.41) is 0.394. The van der Waals surface area contributed by atoms with E-state index in [4.69, 9.17) is 16.3 Å². The van der Waals surface area contributed by atoms with Crippen LogP contribution in [0.4, 0.5) is 0 Å². The fourth-order valence-corrected chi connectivity index (χ4v) is 3.02. The van der Waals surface area contributed by atoms with Crippen LogP contribution >= 0.6 is 11.6 Å². The zero-order chi connectivity index (χ0) is 9.97. The maximum atomic E-state index is 5.91. The third-order valence-electron chi connectivity index (χ3n) is 3.65. The molecular formula is C12H21ClO. The summed E-state index contributed by atoms with van der Waals surface area (Å²) in [5.74, 6) is 1.74. The van der Waals surface area contributed by atoms with E-state index in [1.54, 1.807) is 0 Å². The fourth-order valence-electron chi connectivity index (χ4n) is 2.62. The van der Waals surface area contributed by atoms with Crippen LogP contribution in [0.5, 0.6) is 0 Å². The Balaban J connectivity index is 1.60. The van der Waals surface area contributed by atoms with Gasteiger partial charge in [0.2, 0.25) is 0 Å². The Morgan fingerprint density at radius 3 is 2.64 bits per heavy atom. The smallest absolute Gasteiger partial charge is 0.0603 e. The third-order valence-corrected chi connectivity index (χ3v) is 4.01. The summed E-state index contributed by atoms with van der Waals surface area (Å²) < 4.78 is 5.85. The van der Waals surface area contributed by atoms with Gasteiger partial charge in [-0.05, 0) is 37.5 Å². The van der Waals surface area contributed by atoms with Gasteiger partial charge in [-0.3, -0.25) is 0 Å². The molecule has 0 heterocycles. The quantitative estimate of drug-likeness (QED) is 0.655. The van der Waals surface area contributed by atoms with Crippen LogP contribution < -0.4 is 0 Å². The van der Waals surface area contributed by atoms with Crippen LogP contribution in [0.1, 0.15) is 45.4 Å². The van der Waals surface area contributed by atoms with Gasteiger partial charge in [0.1, 0.15) is 0 Å². The molecule has 2 aliphatic carbocycles. The normalized spacial score (nSPS) is 43.3. The Bertz CT molecular complexity index is 177. The molecule has 2 saturated carbocycles. The van der Waals surface area contributed by atoms with Gasteiger partial charge in [0, 0.05) is 12.0 Å². The Labute approximate surface area is 92.2 Å². The number of rotatable bonds is 3. The molecule has 2 rings (SSSR count). The molecule has 2 fully saturated rings. The monoisotopic (exact) mass is 216 g/mol. The van der Waals surface area contributed by atoms with Gasteiger partial charge in [-0.25, -0.2) is 0 Å². The van der Waals surface area contributed by atoms with Crippen LogP contribution in [0, 0.1) is 11.8 Å². The molecule has 0 aromatic heterocycles. The van der Waals surface area contributed by atoms with Crippen LogP contribution in [0.25, 0.3) is 0 Å². The highest BCUT2D eigenvalue weighted by Crippen LogP contribution is 2.32. The molecule has 2 unspecified atom stereocenters. The minimum atomic E-state index is 0.394. The first-order chi connectivity index (χ1) is 6.74. The van der Waals surface area contributed by atoms with Crippen LogP contribution in [0.3, 0.4) is 0 Å². The van der Waals surface area contributed by atoms with E-state index in [1.165, 1.54) is 25.7 Å². The second kappa shape index (κ2) is 4.85. The first-order valence-corrected chi connectivity index (χ1v) is 6.43. The minimum absolute atomic E-state index is 0.394. The Hall–Kier alpha value is 0.250. The van der Waals surface area contributed by atoms with E-state index in [0.29, 0.717) is 11.5 Å². The average molecular weight is 217 g/mol. The van der Waals surface area contributed by atoms with Gasteiger partial charge in [0.05, 0.1) is 6.10 Å². The van der Waals surface area contributed by atoms with Gasteiger partial charge in [-0.15, -0.1) is 11.6 Å². The van der Waals surface area contributed by atoms with Gasteiger partial charge in [0.15, 0.2) is 0 Å². The van der Waals surface area contributed by atoms with Crippen molar-refractivity contribution in [2.75, 3.05) is 6.61 Å². The number of hydrogen-bond donors (Lipinski definition) is 0. The van der Waals surface area contributed by atoms with Gasteiger partial charge in [0.25, 0.3) is 0 Å². The van der Waals surface area contributed by atoms with Crippen molar-refractivity contribution in [3.8, 4) is 0 Å². The zero-order valence-electron chi connectivity index (χ0n) is 9.05. The summed E-state index contributed by atoms with van der Waals surface area (Å²) in [6, 6.07) is 0. The Kier molecular flexibility index (Phi) is 3.73. The van der Waals surface area contributed by atoms with Crippen LogP contribution in [0.15, 0.2) is 0 Å². The van der Waals surface area contributed by atoms with Gasteiger partial charge >= 0.3 is 0 Å². The predicted molar refractivity (Wildman–Crippen MR) is 59.7 cm³/mol. The highest BCUT2D eigenvalue weighted by Gasteiger charge is 2.29. The molecule has 2 heteroatoms. The maximum Gasteiger partial charge on any atom is 0.0603 e. The number of alkyl halides is 1. The first-order valence-electron chi connectivity index (χ1n) is 5.99. The molecular weight excluding hydrogens is 196 g/mol. The molecule has 14 heavy (non-hydrogen) atoms. The van der Waals surface area contributed by atoms with E-state index in [-0.39, 0.29) is 0 Å². The molecule has 0 aromatic carbocycles. The van der Waals surface area contributed by atoms with Crippen LogP contribution in [-0.2, 0) is 4.74 Å². The minimum Gasteiger partial charge on any atom is -0.378 e. The maximum absolute atomic E-state index is 5.91. The lowest BCUT2D eigenvalue weighted by Gasteiger charge is -2.33. The van der Waals surface area contributed by atoms with E-state index in [1.807, 2.05) is 0 Å². The second-order valence-electron chi connectivity index (χ2n) is 5.16. The zero-order valence-corrected chi connectivity index (χ0v) is 9.80. The summed E-state index contributed by atoms with van der Waals surface area (Å²) in [4.78, 5) is 0. The Morgan fingerprint density at radius 1 is 1.21 bits per heavy atom. The van der Waals surface area contributed by atoms with E-state index in [0.717, 1.165) is 31.3 Å². The van der Waals surface area contributed by atoms with Gasteiger partial charge < -0.3 is 4.74 Å². The van der Waals surface area contributed by atoms with Crippen LogP contribution in [-0.4, -0.2) is 18.1 Å². The summed E-state index contributed by atoms with van der Waals surface area (Å²) in [5.41, 5.74) is 0. The van der Waals surface area contributed by atoms with E-state index >= 15 is 0 Å². The Morgan fingerprint density at radius 2 is 2.00 bits per heavy atom. The van der Waals surface area contributed by atoms with Gasteiger partial charge in [-0.1, -0.05) is 19.8 Å². The molecule has 0 aliphatic heterocycles. The molecule has 2 aliphatic rings. The second-order valence-corrected chi connectivity index (χ2v) is 5.78. The summed E-state index contributed by atoms with van der Waals surface area (Å²) in [7, 11) is 0. The number of halogens is 1. The molecule has 0 saturated heterocycles. The highest BCUT2D eigenvalue weighted by molar-refractivity contribution is 6.21.